The fourth-order valence-electron chi connectivity index (χ4n) is 1.80. The molecule has 20 heavy (non-hydrogen) atoms. The largest absolute Gasteiger partial charge is 0.497 e. The van der Waals surface area contributed by atoms with Gasteiger partial charge in [0, 0.05) is 22.6 Å². The van der Waals surface area contributed by atoms with E-state index in [0.717, 1.165) is 16.9 Å². The molecule has 0 bridgehead atoms. The molecule has 0 unspecified atom stereocenters. The van der Waals surface area contributed by atoms with Crippen molar-refractivity contribution in [1.29, 1.82) is 0 Å². The van der Waals surface area contributed by atoms with Crippen LogP contribution in [-0.2, 0) is 11.2 Å². The average molecular weight is 291 g/mol. The zero-order valence-corrected chi connectivity index (χ0v) is 12.1. The predicted molar refractivity (Wildman–Crippen MR) is 79.3 cm³/mol. The van der Waals surface area contributed by atoms with E-state index in [1.54, 1.807) is 37.6 Å². The van der Waals surface area contributed by atoms with Gasteiger partial charge in [-0.3, -0.25) is 9.78 Å². The Bertz CT molecular complexity index is 629. The molecule has 0 saturated heterocycles. The number of methoxy groups -OCH3 is 1. The van der Waals surface area contributed by atoms with Crippen LogP contribution in [0.2, 0.25) is 5.02 Å². The summed E-state index contributed by atoms with van der Waals surface area (Å²) in [5.74, 6) is 0.548. The first-order valence-corrected chi connectivity index (χ1v) is 6.51. The van der Waals surface area contributed by atoms with Crippen LogP contribution in [0.25, 0.3) is 0 Å². The minimum Gasteiger partial charge on any atom is -0.497 e. The van der Waals surface area contributed by atoms with Crippen molar-refractivity contribution in [3.63, 3.8) is 0 Å². The number of ether oxygens (including phenoxy) is 1. The fraction of sp³-hybridized carbons (Fsp3) is 0.200. The van der Waals surface area contributed by atoms with Crippen LogP contribution in [0.3, 0.4) is 0 Å². The molecule has 0 aliphatic heterocycles. The van der Waals surface area contributed by atoms with E-state index in [-0.39, 0.29) is 12.3 Å². The lowest BCUT2D eigenvalue weighted by atomic mass is 10.1. The molecule has 0 atom stereocenters. The number of nitrogens with zero attached hydrogens (tertiary/aromatic N) is 1. The number of amides is 1. The zero-order valence-electron chi connectivity index (χ0n) is 11.3. The highest BCUT2D eigenvalue weighted by Gasteiger charge is 2.08. The Hall–Kier alpha value is -2.07. The molecule has 1 heterocycles. The Labute approximate surface area is 122 Å². The number of halogens is 1. The van der Waals surface area contributed by atoms with E-state index < -0.39 is 0 Å². The van der Waals surface area contributed by atoms with Crippen LogP contribution in [0.1, 0.15) is 11.3 Å². The maximum atomic E-state index is 12.0. The number of aryl methyl sites for hydroxylation is 1. The number of benzene rings is 1. The Morgan fingerprint density at radius 2 is 2.15 bits per heavy atom. The lowest BCUT2D eigenvalue weighted by molar-refractivity contribution is -0.115. The molecular formula is C15H15ClN2O2. The van der Waals surface area contributed by atoms with Gasteiger partial charge in [0.05, 0.1) is 13.5 Å². The normalized spacial score (nSPS) is 10.2. The average Bonchev–Trinajstić information content (AvgIpc) is 2.41. The molecule has 4 nitrogen and oxygen atoms in total. The Balaban J connectivity index is 2.05. The second kappa shape index (κ2) is 6.39. The van der Waals surface area contributed by atoms with Gasteiger partial charge in [-0.15, -0.1) is 0 Å². The maximum absolute atomic E-state index is 12.0. The minimum atomic E-state index is -0.123. The van der Waals surface area contributed by atoms with Gasteiger partial charge in [0.1, 0.15) is 5.75 Å². The second-order valence-corrected chi connectivity index (χ2v) is 4.78. The van der Waals surface area contributed by atoms with Crippen LogP contribution < -0.4 is 10.1 Å². The van der Waals surface area contributed by atoms with Crippen LogP contribution in [0, 0.1) is 6.92 Å². The van der Waals surface area contributed by atoms with Crippen molar-refractivity contribution < 1.29 is 9.53 Å². The highest BCUT2D eigenvalue weighted by molar-refractivity contribution is 6.31. The second-order valence-electron chi connectivity index (χ2n) is 4.37. The van der Waals surface area contributed by atoms with Gasteiger partial charge in [-0.1, -0.05) is 17.7 Å². The summed E-state index contributed by atoms with van der Waals surface area (Å²) in [5.41, 5.74) is 2.34. The number of anilines is 1. The molecule has 0 saturated carbocycles. The first-order valence-electron chi connectivity index (χ1n) is 6.13. The van der Waals surface area contributed by atoms with Gasteiger partial charge in [0.15, 0.2) is 0 Å². The van der Waals surface area contributed by atoms with E-state index in [9.17, 15) is 4.79 Å². The topological polar surface area (TPSA) is 51.2 Å². The molecule has 0 spiro atoms. The summed E-state index contributed by atoms with van der Waals surface area (Å²) < 4.78 is 5.07. The van der Waals surface area contributed by atoms with E-state index in [0.29, 0.717) is 10.8 Å². The van der Waals surface area contributed by atoms with Crippen molar-refractivity contribution in [1.82, 2.24) is 4.98 Å². The molecule has 5 heteroatoms. The number of pyridine rings is 1. The Morgan fingerprint density at radius 1 is 1.35 bits per heavy atom. The maximum Gasteiger partial charge on any atom is 0.228 e. The van der Waals surface area contributed by atoms with E-state index in [1.165, 1.54) is 0 Å². The van der Waals surface area contributed by atoms with Gasteiger partial charge in [0.25, 0.3) is 0 Å². The van der Waals surface area contributed by atoms with Gasteiger partial charge >= 0.3 is 0 Å². The molecule has 0 radical (unpaired) electrons. The first kappa shape index (κ1) is 14.3. The van der Waals surface area contributed by atoms with Crippen molar-refractivity contribution in [2.24, 2.45) is 0 Å². The van der Waals surface area contributed by atoms with Crippen molar-refractivity contribution in [2.45, 2.75) is 13.3 Å². The molecule has 1 N–H and O–H groups in total. The molecule has 1 aromatic carbocycles. The van der Waals surface area contributed by atoms with Crippen molar-refractivity contribution in [2.75, 3.05) is 12.4 Å². The van der Waals surface area contributed by atoms with Gasteiger partial charge in [-0.05, 0) is 36.8 Å². The molecule has 2 aromatic rings. The minimum absolute atomic E-state index is 0.123. The molecule has 104 valence electrons. The van der Waals surface area contributed by atoms with Crippen LogP contribution in [-0.4, -0.2) is 18.0 Å². The highest BCUT2D eigenvalue weighted by atomic mass is 35.5. The lowest BCUT2D eigenvalue weighted by Crippen LogP contribution is -2.14. The van der Waals surface area contributed by atoms with Crippen LogP contribution >= 0.6 is 11.6 Å². The monoisotopic (exact) mass is 290 g/mol. The standard InChI is InChI=1S/C15H15ClN2O2/c1-10-7-12(5-6-17-10)18-15(19)8-11-3-4-13(20-2)9-14(11)16/h3-7,9H,8H2,1-2H3,(H,17,18,19). The third-order valence-corrected chi connectivity index (χ3v) is 3.14. The molecule has 1 amide bonds. The van der Waals surface area contributed by atoms with Gasteiger partial charge in [-0.25, -0.2) is 0 Å². The number of hydrogen-bond acceptors (Lipinski definition) is 3. The van der Waals surface area contributed by atoms with E-state index in [1.807, 2.05) is 13.0 Å². The smallest absolute Gasteiger partial charge is 0.228 e. The van der Waals surface area contributed by atoms with E-state index in [4.69, 9.17) is 16.3 Å². The summed E-state index contributed by atoms with van der Waals surface area (Å²) in [6.45, 7) is 1.87. The van der Waals surface area contributed by atoms with E-state index in [2.05, 4.69) is 10.3 Å². The SMILES string of the molecule is COc1ccc(CC(=O)Nc2ccnc(C)c2)c(Cl)c1. The predicted octanol–water partition coefficient (Wildman–Crippen LogP) is 3.23. The lowest BCUT2D eigenvalue weighted by Gasteiger charge is -2.08. The zero-order chi connectivity index (χ0) is 14.5. The molecule has 0 aliphatic rings. The van der Waals surface area contributed by atoms with Crippen molar-refractivity contribution in [3.8, 4) is 5.75 Å². The highest BCUT2D eigenvalue weighted by Crippen LogP contribution is 2.23. The Morgan fingerprint density at radius 3 is 2.80 bits per heavy atom. The summed E-state index contributed by atoms with van der Waals surface area (Å²) >= 11 is 6.11. The third kappa shape index (κ3) is 3.71. The first-order chi connectivity index (χ1) is 9.58. The molecule has 0 fully saturated rings. The van der Waals surface area contributed by atoms with Gasteiger partial charge in [0.2, 0.25) is 5.91 Å². The third-order valence-electron chi connectivity index (χ3n) is 2.79. The summed E-state index contributed by atoms with van der Waals surface area (Å²) in [6.07, 6.45) is 1.87. The summed E-state index contributed by atoms with van der Waals surface area (Å²) in [5, 5.41) is 3.34. The van der Waals surface area contributed by atoms with Gasteiger partial charge < -0.3 is 10.1 Å². The molecule has 1 aromatic heterocycles. The van der Waals surface area contributed by atoms with E-state index >= 15 is 0 Å². The Kier molecular flexibility index (Phi) is 4.58. The number of carbonyl (C=O) groups is 1. The number of hydrogen-bond donors (Lipinski definition) is 1. The number of nitrogens with one attached hydrogen (secondary N) is 1. The fourth-order valence-corrected chi connectivity index (χ4v) is 2.04. The van der Waals surface area contributed by atoms with Crippen molar-refractivity contribution >= 4 is 23.2 Å². The van der Waals surface area contributed by atoms with Crippen LogP contribution in [0.4, 0.5) is 5.69 Å². The van der Waals surface area contributed by atoms with Gasteiger partial charge in [-0.2, -0.15) is 0 Å². The van der Waals surface area contributed by atoms with Crippen molar-refractivity contribution in [3.05, 3.63) is 52.8 Å². The van der Waals surface area contributed by atoms with Crippen LogP contribution in [0.15, 0.2) is 36.5 Å². The molecular weight excluding hydrogens is 276 g/mol. The summed E-state index contributed by atoms with van der Waals surface area (Å²) in [6, 6.07) is 8.83. The van der Waals surface area contributed by atoms with Crippen LogP contribution in [0.5, 0.6) is 5.75 Å². The summed E-state index contributed by atoms with van der Waals surface area (Å²) in [7, 11) is 1.57. The number of carbonyl (C=O) groups excluding carboxylic acids is 1. The molecule has 2 rings (SSSR count). The molecule has 0 aliphatic carbocycles. The number of aromatic nitrogens is 1. The quantitative estimate of drug-likeness (QED) is 0.940. The summed E-state index contributed by atoms with van der Waals surface area (Å²) in [4.78, 5) is 16.1. The number of rotatable bonds is 4.